The van der Waals surface area contributed by atoms with Crippen LogP contribution < -0.4 is 58.9 Å². The van der Waals surface area contributed by atoms with Gasteiger partial charge in [-0.2, -0.15) is 13.2 Å². The second-order valence-electron chi connectivity index (χ2n) is 37.3. The third-order valence-corrected chi connectivity index (χ3v) is 26.1. The van der Waals surface area contributed by atoms with E-state index in [1.165, 1.54) is 83.6 Å². The Labute approximate surface area is 855 Å². The van der Waals surface area contributed by atoms with Crippen LogP contribution in [-0.4, -0.2) is 367 Å². The Morgan fingerprint density at radius 2 is 1.06 bits per heavy atom. The zero-order chi connectivity index (χ0) is 109. The van der Waals surface area contributed by atoms with Gasteiger partial charge in [-0.3, -0.25) is 96.2 Å². The van der Waals surface area contributed by atoms with Crippen molar-refractivity contribution in [1.29, 1.82) is 0 Å². The molecule has 2 saturated heterocycles. The second-order valence-corrected chi connectivity index (χ2v) is 37.3. The number of aromatic hydroxyl groups is 2. The van der Waals surface area contributed by atoms with Crippen LogP contribution in [0.15, 0.2) is 134 Å². The first kappa shape index (κ1) is 117. The molecule has 20 N–H and O–H groups in total. The summed E-state index contributed by atoms with van der Waals surface area (Å²) >= 11 is 0. The average Bonchev–Trinajstić information content (AvgIpc) is 1.77. The fraction of sp³-hybridized carbons (Fsp3) is 0.485. The number of alkyl halides is 3. The summed E-state index contributed by atoms with van der Waals surface area (Å²) in [5.74, 6) is -19.7. The molecule has 0 unspecified atom stereocenters. The molecule has 15 amide bonds. The first-order valence-electron chi connectivity index (χ1n) is 48.9. The van der Waals surface area contributed by atoms with E-state index in [0.717, 1.165) is 38.7 Å². The van der Waals surface area contributed by atoms with Crippen molar-refractivity contribution in [3.63, 3.8) is 0 Å². The van der Waals surface area contributed by atoms with Gasteiger partial charge in [0.15, 0.2) is 0 Å². The number of aromatic amines is 2. The lowest BCUT2D eigenvalue weighted by atomic mass is 9.99. The number of H-pyrrole nitrogens is 2. The van der Waals surface area contributed by atoms with E-state index < -0.39 is 211 Å². The first-order valence-corrected chi connectivity index (χ1v) is 48.9. The van der Waals surface area contributed by atoms with Crippen LogP contribution in [0, 0.1) is 11.7 Å². The van der Waals surface area contributed by atoms with Crippen molar-refractivity contribution in [2.45, 2.75) is 196 Å². The van der Waals surface area contributed by atoms with Crippen molar-refractivity contribution < 1.29 is 135 Å². The zero-order valence-corrected chi connectivity index (χ0v) is 83.6. The lowest BCUT2D eigenvalue weighted by Gasteiger charge is -2.36. The quantitative estimate of drug-likeness (QED) is 0.0188. The van der Waals surface area contributed by atoms with E-state index >= 15 is 43.2 Å². The standard InChI is InChI=1S/C99H131FN20O22.C2HF3O2/c1-59(122)102-39-15-13-23-80-94(137)111-77(50-66-53-105-73-37-36-69(125)51-71(66)73)92(135)110-78(49-65-52-104-72-20-11-10-19-70(65)72)93(136)113-88(64-30-31-64)99(142)117(6)83(98(141)116(5)82(48-63-25-32-67(100)33-26-63)95(138)108-74(89(101)132)21-12-14-40-103-85(127)55-118-41-43-119(56-86(128)129)45-46-120(44-42-118)57-87(130)131)54-106-84(126)24-16-22-75(107-60(2)123)90(133)109-76(47-62-27-34-68(124)35-28-62)91(134)112-79(58-121)96(139)115(4)81(97(140)114(80)3)38-29-61-17-8-7-9-18-61;3-2(4,5)1(6)7/h7-11,17-20,25-28,32-37,51-53,64,74-83,88,104-105,121,124-125H,12-16,21-24,29-31,38-50,54-58H2,1-6H3,(H2,101,132)(H,102,122)(H,103,127)(H,106,126)(H,107,123)(H,108,138)(H,109,133)(H,110,135)(H,111,137)(H,112,134)(H,113,136)(H,128,129)(H,130,131);(H,6,7)/t74-,75-,76-,77-,78-,79-,80-,81-,82-,83-,88-;/m0./s1. The van der Waals surface area contributed by atoms with Gasteiger partial charge >= 0.3 is 24.1 Å². The van der Waals surface area contributed by atoms with Gasteiger partial charge in [-0.15, -0.1) is 0 Å². The molecule has 3 aliphatic rings. The van der Waals surface area contributed by atoms with Crippen molar-refractivity contribution in [2.24, 2.45) is 11.7 Å². The predicted molar refractivity (Wildman–Crippen MR) is 531 cm³/mol. The number of primary amides is 1. The van der Waals surface area contributed by atoms with Gasteiger partial charge < -0.3 is 119 Å². The summed E-state index contributed by atoms with van der Waals surface area (Å²) in [4.78, 5) is 271. The Bertz CT molecular complexity index is 5810. The molecular weight excluding hydrogens is 1950 g/mol. The van der Waals surface area contributed by atoms with E-state index in [4.69, 9.17) is 15.6 Å². The number of carbonyl (C=O) groups excluding carboxylic acids is 15. The maximum atomic E-state index is 16.1. The highest BCUT2D eigenvalue weighted by Gasteiger charge is 2.46. The summed E-state index contributed by atoms with van der Waals surface area (Å²) in [6.45, 7) is 1.73. The van der Waals surface area contributed by atoms with Crippen LogP contribution in [0.3, 0.4) is 0 Å². The number of amides is 15. The molecule has 149 heavy (non-hydrogen) atoms. The molecule has 808 valence electrons. The lowest BCUT2D eigenvalue weighted by Crippen LogP contribution is -2.63. The number of phenolic OH excluding ortho intramolecular Hbond substituents is 2. The Morgan fingerprint density at radius 1 is 0.537 bits per heavy atom. The number of aliphatic hydroxyl groups excluding tert-OH is 1. The summed E-state index contributed by atoms with van der Waals surface area (Å²) in [7, 11) is 4.99. The van der Waals surface area contributed by atoms with Crippen LogP contribution in [-0.2, 0) is 118 Å². The number of rotatable bonds is 35. The van der Waals surface area contributed by atoms with Crippen LogP contribution in [0.5, 0.6) is 11.5 Å². The number of unbranched alkanes of at least 4 members (excludes halogenated alkanes) is 2. The third kappa shape index (κ3) is 36.7. The van der Waals surface area contributed by atoms with Crippen LogP contribution in [0.25, 0.3) is 21.8 Å². The Balaban J connectivity index is 0.00000339. The van der Waals surface area contributed by atoms with E-state index in [-0.39, 0.29) is 178 Å². The number of aryl methyl sites for hydroxylation is 1. The van der Waals surface area contributed by atoms with Crippen molar-refractivity contribution in [2.75, 3.05) is 113 Å². The largest absolute Gasteiger partial charge is 0.508 e. The van der Waals surface area contributed by atoms with Gasteiger partial charge in [0.1, 0.15) is 83.8 Å². The highest BCUT2D eigenvalue weighted by molar-refractivity contribution is 6.01. The number of para-hydroxylation sites is 1. The normalized spacial score (nSPS) is 20.7. The number of fused-ring (bicyclic) bond motifs is 2. The fourth-order valence-corrected chi connectivity index (χ4v) is 17.6. The highest BCUT2D eigenvalue weighted by atomic mass is 19.4. The number of benzene rings is 5. The number of nitrogens with zero attached hydrogens (tertiary/aromatic N) is 7. The summed E-state index contributed by atoms with van der Waals surface area (Å²) in [5.41, 5.74) is 9.30. The van der Waals surface area contributed by atoms with E-state index in [0.29, 0.717) is 56.9 Å². The smallest absolute Gasteiger partial charge is 0.490 e. The molecule has 0 bridgehead atoms. The van der Waals surface area contributed by atoms with Crippen molar-refractivity contribution >= 4 is 128 Å². The summed E-state index contributed by atoms with van der Waals surface area (Å²) in [5, 5.41) is 87.0. The maximum Gasteiger partial charge on any atom is 0.490 e. The molecule has 10 rings (SSSR count). The number of likely N-dealkylation sites (N-methyl/N-ethyl adjacent to an activating group) is 4. The molecule has 2 aromatic heterocycles. The molecule has 7 aromatic rings. The Kier molecular flexibility index (Phi) is 44.6. The highest BCUT2D eigenvalue weighted by Crippen LogP contribution is 2.35. The SMILES string of the molecule is CC(=O)NCCCC[C@H]1C(=O)N[C@@H](Cc2c[nH]c3ccc(O)cc23)C(=O)N[C@@H](Cc2c[nH]c3ccccc23)C(=O)N[C@@H](C2CC2)C(=O)N(C)[C@H](C(=O)N(C)[C@@H](Cc2ccc(F)cc2)C(=O)N[C@@H](CCCCNC(=O)CN2CCN(CC(=O)O)CCN(CC(=O)O)CC2)C(N)=O)CNC(=O)CCC[C@H](NC(C)=O)C(=O)N[C@@H](Cc2ccc(O)cc2)C(=O)N[C@@H](CO)C(=O)N(C)[C@@H](CCc2ccccc2)C(=O)N1C.O=C(O)C(F)(F)F. The molecule has 44 nitrogen and oxygen atoms in total. The molecule has 0 spiro atoms. The van der Waals surface area contributed by atoms with Crippen LogP contribution in [0.4, 0.5) is 17.6 Å². The minimum Gasteiger partial charge on any atom is -0.508 e. The van der Waals surface area contributed by atoms with Gasteiger partial charge in [0.25, 0.3) is 0 Å². The average molecular weight is 2090 g/mol. The number of nitrogens with one attached hydrogen (secondary N) is 12. The molecule has 3 fully saturated rings. The Morgan fingerprint density at radius 3 is 1.64 bits per heavy atom. The molecule has 5 aromatic carbocycles. The third-order valence-electron chi connectivity index (χ3n) is 26.1. The number of carboxylic acid groups (broad SMARTS) is 3. The van der Waals surface area contributed by atoms with E-state index in [9.17, 15) is 81.5 Å². The van der Waals surface area contributed by atoms with Gasteiger partial charge in [0.2, 0.25) is 88.6 Å². The predicted octanol–water partition coefficient (Wildman–Crippen LogP) is 0.327. The Hall–Kier alpha value is -15.2. The van der Waals surface area contributed by atoms with E-state index in [1.807, 2.05) is 0 Å². The number of carbonyl (C=O) groups is 18. The molecule has 0 radical (unpaired) electrons. The summed E-state index contributed by atoms with van der Waals surface area (Å²) in [6.07, 6.45) is -3.27. The number of carboxylic acids is 3. The monoisotopic (exact) mass is 2080 g/mol. The van der Waals surface area contributed by atoms with Crippen molar-refractivity contribution in [3.8, 4) is 11.5 Å². The molecule has 2 aliphatic heterocycles. The van der Waals surface area contributed by atoms with Gasteiger partial charge in [-0.05, 0) is 159 Å². The minimum absolute atomic E-state index is 0.0674. The number of aromatic nitrogens is 2. The van der Waals surface area contributed by atoms with Gasteiger partial charge in [0, 0.05) is 167 Å². The lowest BCUT2D eigenvalue weighted by molar-refractivity contribution is -0.192. The molecule has 1 aliphatic carbocycles. The maximum absolute atomic E-state index is 16.1. The zero-order valence-electron chi connectivity index (χ0n) is 83.6. The van der Waals surface area contributed by atoms with Crippen molar-refractivity contribution in [3.05, 3.63) is 167 Å². The van der Waals surface area contributed by atoms with E-state index in [1.54, 1.807) is 87.8 Å². The fourth-order valence-electron chi connectivity index (χ4n) is 17.6. The summed E-state index contributed by atoms with van der Waals surface area (Å²) < 4.78 is 46.5. The van der Waals surface area contributed by atoms with Gasteiger partial charge in [0.05, 0.1) is 26.2 Å². The molecule has 1 saturated carbocycles. The molecule has 48 heteroatoms. The molecule has 4 heterocycles. The number of hydrogen-bond acceptors (Lipinski definition) is 24. The first-order chi connectivity index (χ1) is 70.7. The van der Waals surface area contributed by atoms with Crippen LogP contribution in [0.2, 0.25) is 0 Å². The number of aliphatic carboxylic acids is 3. The van der Waals surface area contributed by atoms with Gasteiger partial charge in [-0.25, -0.2) is 9.18 Å². The number of aliphatic hydroxyl groups is 1. The van der Waals surface area contributed by atoms with Crippen LogP contribution in [0.1, 0.15) is 119 Å². The summed E-state index contributed by atoms with van der Waals surface area (Å²) in [6, 6.07) is 12.8. The van der Waals surface area contributed by atoms with Gasteiger partial charge in [-0.1, -0.05) is 72.8 Å². The number of hydrogen-bond donors (Lipinski definition) is 19. The number of nitrogens with two attached hydrogens (primary N) is 1. The minimum atomic E-state index is -5.08. The topological polar surface area (TPSA) is 629 Å². The molecular formula is C101H132F4N20O24. The van der Waals surface area contributed by atoms with Crippen LogP contribution >= 0.6 is 0 Å². The second kappa shape index (κ2) is 56.6. The van der Waals surface area contributed by atoms with Crippen molar-refractivity contribution in [1.82, 2.24) is 97.4 Å². The number of halogens is 4. The number of phenols is 2. The molecule has 11 atom stereocenters. The van der Waals surface area contributed by atoms with E-state index in [2.05, 4.69) is 63.1 Å².